The maximum absolute atomic E-state index is 12.0. The molecule has 2 fully saturated rings. The Morgan fingerprint density at radius 1 is 1.25 bits per heavy atom. The number of alkyl halides is 3. The molecule has 24 heavy (non-hydrogen) atoms. The molecule has 2 heterocycles. The third-order valence-electron chi connectivity index (χ3n) is 4.53. The first-order valence-electron chi connectivity index (χ1n) is 8.37. The molecule has 0 spiro atoms. The molecule has 2 aliphatic rings. The second-order valence-corrected chi connectivity index (χ2v) is 6.49. The van der Waals surface area contributed by atoms with Crippen molar-refractivity contribution >= 4 is 0 Å². The number of hydrogen-bond donors (Lipinski definition) is 0. The molecule has 1 atom stereocenters. The lowest BCUT2D eigenvalue weighted by Crippen LogP contribution is -2.48. The van der Waals surface area contributed by atoms with Crippen molar-refractivity contribution in [3.8, 4) is 0 Å². The van der Waals surface area contributed by atoms with E-state index in [1.165, 1.54) is 0 Å². The number of halogens is 3. The van der Waals surface area contributed by atoms with Gasteiger partial charge in [-0.2, -0.15) is 18.2 Å². The van der Waals surface area contributed by atoms with E-state index in [-0.39, 0.29) is 12.6 Å². The van der Waals surface area contributed by atoms with Crippen LogP contribution in [0.1, 0.15) is 43.4 Å². The molecule has 1 aromatic rings. The lowest BCUT2D eigenvalue weighted by molar-refractivity contribution is -0.174. The summed E-state index contributed by atoms with van der Waals surface area (Å²) in [5.74, 6) is 1.94. The molecule has 1 saturated heterocycles. The van der Waals surface area contributed by atoms with Crippen molar-refractivity contribution in [3.05, 3.63) is 11.7 Å². The summed E-state index contributed by atoms with van der Waals surface area (Å²) in [5, 5.41) is 4.05. The maximum Gasteiger partial charge on any atom is 0.411 e. The van der Waals surface area contributed by atoms with E-state index in [0.717, 1.165) is 44.8 Å². The fourth-order valence-corrected chi connectivity index (χ4v) is 2.84. The van der Waals surface area contributed by atoms with E-state index in [1.807, 2.05) is 6.92 Å². The molecule has 0 bridgehead atoms. The van der Waals surface area contributed by atoms with Gasteiger partial charge in [0.25, 0.3) is 0 Å². The third kappa shape index (κ3) is 4.90. The summed E-state index contributed by atoms with van der Waals surface area (Å²) in [6.07, 6.45) is -1.97. The van der Waals surface area contributed by atoms with Crippen LogP contribution in [0.25, 0.3) is 0 Å². The molecule has 1 saturated carbocycles. The Labute approximate surface area is 138 Å². The van der Waals surface area contributed by atoms with Gasteiger partial charge in [-0.1, -0.05) is 5.16 Å². The van der Waals surface area contributed by atoms with Crippen LogP contribution in [-0.2, 0) is 4.74 Å². The lowest BCUT2D eigenvalue weighted by Gasteiger charge is -2.36. The molecule has 136 valence electrons. The molecule has 1 aliphatic carbocycles. The molecule has 0 aromatic carbocycles. The first kappa shape index (κ1) is 17.6. The Hall–Kier alpha value is -1.19. The van der Waals surface area contributed by atoms with E-state index in [4.69, 9.17) is 4.52 Å². The Morgan fingerprint density at radius 2 is 1.96 bits per heavy atom. The second kappa shape index (κ2) is 7.37. The highest BCUT2D eigenvalue weighted by Gasteiger charge is 2.31. The van der Waals surface area contributed by atoms with E-state index in [9.17, 15) is 13.2 Å². The normalized spacial score (nSPS) is 22.0. The number of piperazine rings is 1. The molecule has 0 N–H and O–H groups in total. The van der Waals surface area contributed by atoms with Gasteiger partial charge in [-0.3, -0.25) is 9.80 Å². The van der Waals surface area contributed by atoms with Gasteiger partial charge >= 0.3 is 6.18 Å². The predicted molar refractivity (Wildman–Crippen MR) is 79.6 cm³/mol. The van der Waals surface area contributed by atoms with Crippen LogP contribution in [0.15, 0.2) is 4.52 Å². The highest BCUT2D eigenvalue weighted by molar-refractivity contribution is 5.04. The highest BCUT2D eigenvalue weighted by Crippen LogP contribution is 2.38. The Kier molecular flexibility index (Phi) is 5.41. The van der Waals surface area contributed by atoms with Crippen molar-refractivity contribution in [2.45, 2.75) is 37.9 Å². The van der Waals surface area contributed by atoms with Crippen LogP contribution >= 0.6 is 0 Å². The average molecular weight is 348 g/mol. The van der Waals surface area contributed by atoms with Gasteiger partial charge in [0.15, 0.2) is 5.82 Å². The van der Waals surface area contributed by atoms with Crippen LogP contribution in [0.2, 0.25) is 0 Å². The van der Waals surface area contributed by atoms with Crippen molar-refractivity contribution in [1.29, 1.82) is 0 Å². The summed E-state index contributed by atoms with van der Waals surface area (Å²) in [5.41, 5.74) is 0. The summed E-state index contributed by atoms with van der Waals surface area (Å²) in [7, 11) is 0. The summed E-state index contributed by atoms with van der Waals surface area (Å²) in [6.45, 7) is 4.72. The monoisotopic (exact) mass is 348 g/mol. The van der Waals surface area contributed by atoms with Crippen molar-refractivity contribution in [3.63, 3.8) is 0 Å². The zero-order chi connectivity index (χ0) is 17.2. The molecule has 6 nitrogen and oxygen atoms in total. The highest BCUT2D eigenvalue weighted by atomic mass is 19.4. The summed E-state index contributed by atoms with van der Waals surface area (Å²) in [6, 6.07) is 0.0635. The largest absolute Gasteiger partial charge is 0.411 e. The summed E-state index contributed by atoms with van der Waals surface area (Å²) >= 11 is 0. The van der Waals surface area contributed by atoms with E-state index >= 15 is 0 Å². The minimum absolute atomic E-state index is 0.0635. The fourth-order valence-electron chi connectivity index (χ4n) is 2.84. The van der Waals surface area contributed by atoms with Gasteiger partial charge in [0, 0.05) is 38.6 Å². The van der Waals surface area contributed by atoms with Crippen LogP contribution < -0.4 is 0 Å². The van der Waals surface area contributed by atoms with E-state index in [2.05, 4.69) is 24.7 Å². The molecule has 1 aromatic heterocycles. The quantitative estimate of drug-likeness (QED) is 0.704. The second-order valence-electron chi connectivity index (χ2n) is 6.49. The standard InChI is InChI=1S/C15H23F3N4O2/c1-11(14-19-13(20-24-14)12-2-3-12)22-6-4-21(5-7-22)8-9-23-10-15(16,17)18/h11-12H,2-10H2,1H3/t11-/m1/s1. The van der Waals surface area contributed by atoms with Gasteiger partial charge in [0.2, 0.25) is 5.89 Å². The van der Waals surface area contributed by atoms with Crippen molar-refractivity contribution < 1.29 is 22.4 Å². The number of rotatable bonds is 7. The van der Waals surface area contributed by atoms with Crippen LogP contribution in [0.5, 0.6) is 0 Å². The van der Waals surface area contributed by atoms with Crippen molar-refractivity contribution in [1.82, 2.24) is 19.9 Å². The topological polar surface area (TPSA) is 54.6 Å². The Bertz CT molecular complexity index is 525. The number of ether oxygens (including phenoxy) is 1. The number of aromatic nitrogens is 2. The van der Waals surface area contributed by atoms with Crippen molar-refractivity contribution in [2.75, 3.05) is 45.9 Å². The molecular weight excluding hydrogens is 325 g/mol. The molecule has 0 radical (unpaired) electrons. The summed E-state index contributed by atoms with van der Waals surface area (Å²) in [4.78, 5) is 8.87. The summed E-state index contributed by atoms with van der Waals surface area (Å²) < 4.78 is 46.1. The van der Waals surface area contributed by atoms with E-state index in [0.29, 0.717) is 18.4 Å². The van der Waals surface area contributed by atoms with Gasteiger partial charge in [0.1, 0.15) is 6.61 Å². The van der Waals surface area contributed by atoms with Gasteiger partial charge in [-0.25, -0.2) is 0 Å². The van der Waals surface area contributed by atoms with E-state index in [1.54, 1.807) is 0 Å². The molecule has 0 unspecified atom stereocenters. The number of hydrogen-bond acceptors (Lipinski definition) is 6. The zero-order valence-corrected chi connectivity index (χ0v) is 13.8. The lowest BCUT2D eigenvalue weighted by atomic mass is 10.2. The molecule has 9 heteroatoms. The maximum atomic E-state index is 12.0. The minimum atomic E-state index is -4.25. The van der Waals surface area contributed by atoms with Crippen LogP contribution in [0.4, 0.5) is 13.2 Å². The molecular formula is C15H23F3N4O2. The smallest absolute Gasteiger partial charge is 0.371 e. The van der Waals surface area contributed by atoms with Crippen LogP contribution in [0, 0.1) is 0 Å². The molecule has 1 aliphatic heterocycles. The number of nitrogens with zero attached hydrogens (tertiary/aromatic N) is 4. The van der Waals surface area contributed by atoms with Gasteiger partial charge in [0.05, 0.1) is 12.6 Å². The fraction of sp³-hybridized carbons (Fsp3) is 0.867. The van der Waals surface area contributed by atoms with E-state index < -0.39 is 12.8 Å². The van der Waals surface area contributed by atoms with Crippen molar-refractivity contribution in [2.24, 2.45) is 0 Å². The SMILES string of the molecule is C[C@H](c1nc(C2CC2)no1)N1CCN(CCOCC(F)(F)F)CC1. The first-order valence-corrected chi connectivity index (χ1v) is 8.37. The first-order chi connectivity index (χ1) is 11.4. The third-order valence-corrected chi connectivity index (χ3v) is 4.53. The average Bonchev–Trinajstić information content (AvgIpc) is 3.28. The van der Waals surface area contributed by atoms with Gasteiger partial charge in [-0.05, 0) is 19.8 Å². The van der Waals surface area contributed by atoms with Gasteiger partial charge in [-0.15, -0.1) is 0 Å². The Balaban J connectivity index is 1.38. The Morgan fingerprint density at radius 3 is 2.58 bits per heavy atom. The predicted octanol–water partition coefficient (Wildman–Crippen LogP) is 2.20. The molecule has 0 amide bonds. The van der Waals surface area contributed by atoms with Crippen LogP contribution in [-0.4, -0.2) is 72.1 Å². The zero-order valence-electron chi connectivity index (χ0n) is 13.8. The minimum Gasteiger partial charge on any atom is -0.371 e. The molecule has 3 rings (SSSR count). The van der Waals surface area contributed by atoms with Crippen LogP contribution in [0.3, 0.4) is 0 Å². The van der Waals surface area contributed by atoms with Gasteiger partial charge < -0.3 is 9.26 Å².